The van der Waals surface area contributed by atoms with Crippen molar-refractivity contribution in [2.45, 2.75) is 52.1 Å². The molecule has 2 atom stereocenters. The molecule has 0 bridgehead atoms. The number of aliphatic hydroxyl groups excluding tert-OH is 1. The number of hydrogen-bond acceptors (Lipinski definition) is 2. The van der Waals surface area contributed by atoms with E-state index in [0.29, 0.717) is 6.54 Å². The molecule has 2 unspecified atom stereocenters. The molecule has 0 aromatic heterocycles. The Balaban J connectivity index is 2.09. The predicted molar refractivity (Wildman–Crippen MR) is 85.5 cm³/mol. The summed E-state index contributed by atoms with van der Waals surface area (Å²) in [6.07, 6.45) is 1.63. The molecule has 3 heteroatoms. The van der Waals surface area contributed by atoms with Crippen LogP contribution in [0.3, 0.4) is 0 Å². The van der Waals surface area contributed by atoms with E-state index < -0.39 is 0 Å². The van der Waals surface area contributed by atoms with E-state index in [4.69, 9.17) is 0 Å². The summed E-state index contributed by atoms with van der Waals surface area (Å²) in [5.41, 5.74) is 2.08. The van der Waals surface area contributed by atoms with Gasteiger partial charge in [-0.25, -0.2) is 0 Å². The van der Waals surface area contributed by atoms with Gasteiger partial charge in [-0.2, -0.15) is 0 Å². The van der Waals surface area contributed by atoms with Crippen LogP contribution in [0.1, 0.15) is 56.5 Å². The third-order valence-corrected chi connectivity index (χ3v) is 4.43. The third kappa shape index (κ3) is 3.85. The number of amides is 1. The maximum atomic E-state index is 12.6. The van der Waals surface area contributed by atoms with Crippen LogP contribution >= 0.6 is 0 Å². The van der Waals surface area contributed by atoms with Crippen LogP contribution in [-0.2, 0) is 5.41 Å². The quantitative estimate of drug-likeness (QED) is 0.908. The van der Waals surface area contributed by atoms with Crippen LogP contribution in [0.15, 0.2) is 24.3 Å². The van der Waals surface area contributed by atoms with Gasteiger partial charge in [0.05, 0.1) is 6.10 Å². The normalized spacial score (nSPS) is 21.2. The van der Waals surface area contributed by atoms with Crippen molar-refractivity contribution >= 4 is 5.91 Å². The van der Waals surface area contributed by atoms with Crippen molar-refractivity contribution in [1.82, 2.24) is 4.90 Å². The van der Waals surface area contributed by atoms with Gasteiger partial charge in [-0.3, -0.25) is 4.79 Å². The summed E-state index contributed by atoms with van der Waals surface area (Å²) < 4.78 is 0. The van der Waals surface area contributed by atoms with E-state index in [9.17, 15) is 9.90 Å². The van der Waals surface area contributed by atoms with Gasteiger partial charge in [-0.15, -0.1) is 0 Å². The highest BCUT2D eigenvalue weighted by atomic mass is 16.3. The summed E-state index contributed by atoms with van der Waals surface area (Å²) in [6.45, 7) is 9.78. The number of nitrogens with zero attached hydrogens (tertiary/aromatic N) is 1. The van der Waals surface area contributed by atoms with E-state index in [2.05, 4.69) is 20.8 Å². The topological polar surface area (TPSA) is 40.5 Å². The second kappa shape index (κ2) is 6.18. The van der Waals surface area contributed by atoms with Gasteiger partial charge in [0, 0.05) is 24.6 Å². The van der Waals surface area contributed by atoms with Crippen LogP contribution < -0.4 is 0 Å². The number of likely N-dealkylation sites (tertiary alicyclic amines) is 1. The fourth-order valence-corrected chi connectivity index (χ4v) is 2.88. The summed E-state index contributed by atoms with van der Waals surface area (Å²) in [4.78, 5) is 14.5. The molecule has 1 amide bonds. The van der Waals surface area contributed by atoms with E-state index >= 15 is 0 Å². The standard InChI is InChI=1S/C18H27NO2/c1-13(20)15-6-5-11-19(12-15)17(21)14-7-9-16(10-8-14)18(2,3)4/h7-10,13,15,20H,5-6,11-12H2,1-4H3. The van der Waals surface area contributed by atoms with Crippen molar-refractivity contribution in [2.24, 2.45) is 5.92 Å². The number of piperidine rings is 1. The van der Waals surface area contributed by atoms with Crippen LogP contribution in [0.5, 0.6) is 0 Å². The van der Waals surface area contributed by atoms with Gasteiger partial charge in [0.15, 0.2) is 0 Å². The van der Waals surface area contributed by atoms with E-state index in [1.54, 1.807) is 0 Å². The van der Waals surface area contributed by atoms with Crippen LogP contribution in [-0.4, -0.2) is 35.1 Å². The molecule has 0 radical (unpaired) electrons. The molecule has 0 saturated carbocycles. The average molecular weight is 289 g/mol. The van der Waals surface area contributed by atoms with Crippen molar-refractivity contribution in [3.8, 4) is 0 Å². The Labute approximate surface area is 128 Å². The molecular formula is C18H27NO2. The van der Waals surface area contributed by atoms with E-state index in [-0.39, 0.29) is 23.3 Å². The number of hydrogen-bond donors (Lipinski definition) is 1. The molecule has 116 valence electrons. The van der Waals surface area contributed by atoms with Crippen LogP contribution in [0, 0.1) is 5.92 Å². The van der Waals surface area contributed by atoms with Gasteiger partial charge in [0.2, 0.25) is 0 Å². The molecule has 2 rings (SSSR count). The first-order valence-electron chi connectivity index (χ1n) is 7.87. The minimum atomic E-state index is -0.344. The van der Waals surface area contributed by atoms with E-state index in [0.717, 1.165) is 24.9 Å². The molecule has 1 aromatic carbocycles. The van der Waals surface area contributed by atoms with Gasteiger partial charge in [-0.05, 0) is 42.9 Å². The van der Waals surface area contributed by atoms with Crippen LogP contribution in [0.2, 0.25) is 0 Å². The zero-order chi connectivity index (χ0) is 15.6. The fraction of sp³-hybridized carbons (Fsp3) is 0.611. The number of carbonyl (C=O) groups is 1. The lowest BCUT2D eigenvalue weighted by molar-refractivity contribution is 0.0466. The zero-order valence-electron chi connectivity index (χ0n) is 13.6. The summed E-state index contributed by atoms with van der Waals surface area (Å²) in [7, 11) is 0. The minimum absolute atomic E-state index is 0.0841. The molecule has 0 aliphatic carbocycles. The molecule has 1 fully saturated rings. The first kappa shape index (κ1) is 16.0. The van der Waals surface area contributed by atoms with E-state index in [1.807, 2.05) is 36.1 Å². The van der Waals surface area contributed by atoms with Crippen LogP contribution in [0.25, 0.3) is 0 Å². The van der Waals surface area contributed by atoms with Crippen LogP contribution in [0.4, 0.5) is 0 Å². The van der Waals surface area contributed by atoms with Crippen molar-refractivity contribution in [3.63, 3.8) is 0 Å². The summed E-state index contributed by atoms with van der Waals surface area (Å²) in [5.74, 6) is 0.289. The maximum Gasteiger partial charge on any atom is 0.253 e. The second-order valence-electron chi connectivity index (χ2n) is 7.22. The fourth-order valence-electron chi connectivity index (χ4n) is 2.88. The Kier molecular flexibility index (Phi) is 4.72. The lowest BCUT2D eigenvalue weighted by Gasteiger charge is -2.34. The Hall–Kier alpha value is -1.35. The molecule has 21 heavy (non-hydrogen) atoms. The monoisotopic (exact) mass is 289 g/mol. The largest absolute Gasteiger partial charge is 0.393 e. The zero-order valence-corrected chi connectivity index (χ0v) is 13.6. The van der Waals surface area contributed by atoms with Gasteiger partial charge in [0.1, 0.15) is 0 Å². The predicted octanol–water partition coefficient (Wildman–Crippen LogP) is 3.22. The first-order valence-corrected chi connectivity index (χ1v) is 7.87. The highest BCUT2D eigenvalue weighted by molar-refractivity contribution is 5.94. The molecule has 1 aliphatic rings. The minimum Gasteiger partial charge on any atom is -0.393 e. The maximum absolute atomic E-state index is 12.6. The molecule has 1 heterocycles. The first-order chi connectivity index (χ1) is 9.79. The number of aliphatic hydroxyl groups is 1. The number of rotatable bonds is 2. The lowest BCUT2D eigenvalue weighted by Crippen LogP contribution is -2.42. The second-order valence-corrected chi connectivity index (χ2v) is 7.22. The summed E-state index contributed by atoms with van der Waals surface area (Å²) in [6, 6.07) is 7.94. The summed E-state index contributed by atoms with van der Waals surface area (Å²) in [5, 5.41) is 9.74. The Morgan fingerprint density at radius 2 is 1.90 bits per heavy atom. The highest BCUT2D eigenvalue weighted by Gasteiger charge is 2.27. The van der Waals surface area contributed by atoms with Gasteiger partial charge in [-0.1, -0.05) is 32.9 Å². The van der Waals surface area contributed by atoms with Gasteiger partial charge in [0.25, 0.3) is 5.91 Å². The molecule has 1 N–H and O–H groups in total. The smallest absolute Gasteiger partial charge is 0.253 e. The highest BCUT2D eigenvalue weighted by Crippen LogP contribution is 2.24. The molecule has 3 nitrogen and oxygen atoms in total. The van der Waals surface area contributed by atoms with Gasteiger partial charge >= 0.3 is 0 Å². The van der Waals surface area contributed by atoms with Crippen molar-refractivity contribution < 1.29 is 9.90 Å². The number of benzene rings is 1. The average Bonchev–Trinajstić information content (AvgIpc) is 2.46. The molecule has 1 aliphatic heterocycles. The Morgan fingerprint density at radius 1 is 1.29 bits per heavy atom. The van der Waals surface area contributed by atoms with Gasteiger partial charge < -0.3 is 10.0 Å². The Bertz CT molecular complexity index is 485. The third-order valence-electron chi connectivity index (χ3n) is 4.43. The lowest BCUT2D eigenvalue weighted by atomic mass is 9.86. The number of carbonyl (C=O) groups excluding carboxylic acids is 1. The van der Waals surface area contributed by atoms with E-state index in [1.165, 1.54) is 5.56 Å². The van der Waals surface area contributed by atoms with Crippen molar-refractivity contribution in [3.05, 3.63) is 35.4 Å². The SMILES string of the molecule is CC(O)C1CCCN(C(=O)c2ccc(C(C)(C)C)cc2)C1. The Morgan fingerprint density at radius 3 is 2.43 bits per heavy atom. The molecule has 1 aromatic rings. The molecular weight excluding hydrogens is 262 g/mol. The molecule has 0 spiro atoms. The van der Waals surface area contributed by atoms with Crippen molar-refractivity contribution in [2.75, 3.05) is 13.1 Å². The van der Waals surface area contributed by atoms with Crippen molar-refractivity contribution in [1.29, 1.82) is 0 Å². The summed E-state index contributed by atoms with van der Waals surface area (Å²) >= 11 is 0. The molecule has 1 saturated heterocycles.